The normalized spacial score (nSPS) is 11.3. The first-order valence-electron chi connectivity index (χ1n) is 6.33. The molecule has 1 amide bonds. The minimum absolute atomic E-state index is 0. The first-order chi connectivity index (χ1) is 8.67. The van der Waals surface area contributed by atoms with Crippen molar-refractivity contribution in [3.8, 4) is 5.75 Å². The fourth-order valence-electron chi connectivity index (χ4n) is 1.62. The van der Waals surface area contributed by atoms with Crippen LogP contribution < -0.4 is 15.8 Å². The number of hydrogen-bond donors (Lipinski definition) is 2. The number of carbonyl (C=O) groups is 1. The van der Waals surface area contributed by atoms with Crippen LogP contribution in [-0.2, 0) is 11.3 Å². The molecule has 0 aliphatic carbocycles. The van der Waals surface area contributed by atoms with Crippen molar-refractivity contribution in [2.75, 3.05) is 7.11 Å². The lowest BCUT2D eigenvalue weighted by molar-refractivity contribution is -0.122. The molecule has 0 unspecified atom stereocenters. The second kappa shape index (κ2) is 9.64. The van der Waals surface area contributed by atoms with Crippen molar-refractivity contribution in [1.82, 2.24) is 5.32 Å². The second-order valence-corrected chi connectivity index (χ2v) is 4.31. The van der Waals surface area contributed by atoms with E-state index in [0.717, 1.165) is 30.6 Å². The Morgan fingerprint density at radius 3 is 2.53 bits per heavy atom. The molecule has 0 saturated heterocycles. The van der Waals surface area contributed by atoms with E-state index in [1.807, 2.05) is 24.3 Å². The maximum Gasteiger partial charge on any atom is 0.237 e. The van der Waals surface area contributed by atoms with E-state index in [1.165, 1.54) is 0 Å². The number of methoxy groups -OCH3 is 1. The van der Waals surface area contributed by atoms with Crippen molar-refractivity contribution in [3.05, 3.63) is 29.8 Å². The summed E-state index contributed by atoms with van der Waals surface area (Å²) in [5.41, 5.74) is 6.82. The van der Waals surface area contributed by atoms with Crippen molar-refractivity contribution >= 4 is 18.3 Å². The molecule has 0 aromatic heterocycles. The first-order valence-corrected chi connectivity index (χ1v) is 6.33. The number of nitrogens with two attached hydrogens (primary N) is 1. The zero-order valence-corrected chi connectivity index (χ0v) is 12.3. The van der Waals surface area contributed by atoms with Crippen molar-refractivity contribution in [2.45, 2.75) is 38.8 Å². The summed E-state index contributed by atoms with van der Waals surface area (Å²) in [6.45, 7) is 2.59. The van der Waals surface area contributed by atoms with E-state index in [1.54, 1.807) is 7.11 Å². The third kappa shape index (κ3) is 6.45. The molecule has 5 heteroatoms. The van der Waals surface area contributed by atoms with Crippen LogP contribution in [0.1, 0.15) is 31.7 Å². The Balaban J connectivity index is 0.00000324. The molecule has 0 spiro atoms. The van der Waals surface area contributed by atoms with Crippen molar-refractivity contribution in [1.29, 1.82) is 0 Å². The fourth-order valence-corrected chi connectivity index (χ4v) is 1.62. The highest BCUT2D eigenvalue weighted by molar-refractivity contribution is 5.85. The highest BCUT2D eigenvalue weighted by Gasteiger charge is 2.11. The third-order valence-electron chi connectivity index (χ3n) is 2.83. The summed E-state index contributed by atoms with van der Waals surface area (Å²) >= 11 is 0. The maximum absolute atomic E-state index is 11.7. The van der Waals surface area contributed by atoms with Gasteiger partial charge >= 0.3 is 0 Å². The number of ether oxygens (including phenoxy) is 1. The number of nitrogens with one attached hydrogen (secondary N) is 1. The van der Waals surface area contributed by atoms with Gasteiger partial charge in [-0.05, 0) is 24.1 Å². The minimum atomic E-state index is -0.400. The number of carbonyl (C=O) groups excluding carboxylic acids is 1. The van der Waals surface area contributed by atoms with Crippen molar-refractivity contribution < 1.29 is 9.53 Å². The van der Waals surface area contributed by atoms with Crippen LogP contribution in [-0.4, -0.2) is 19.1 Å². The molecular formula is C14H23ClN2O2. The van der Waals surface area contributed by atoms with Crippen LogP contribution in [0.3, 0.4) is 0 Å². The summed E-state index contributed by atoms with van der Waals surface area (Å²) in [6.07, 6.45) is 2.78. The number of halogens is 1. The molecule has 0 saturated carbocycles. The first kappa shape index (κ1) is 17.7. The standard InChI is InChI=1S/C14H22N2O2.ClH/c1-3-4-5-13(15)14(17)16-10-11-6-8-12(18-2)9-7-11;/h6-9,13H,3-5,10,15H2,1-2H3,(H,16,17);1H/t13-;/m1./s1. The monoisotopic (exact) mass is 286 g/mol. The molecule has 1 atom stereocenters. The van der Waals surface area contributed by atoms with Gasteiger partial charge in [0.2, 0.25) is 5.91 Å². The number of hydrogen-bond acceptors (Lipinski definition) is 3. The molecule has 0 heterocycles. The zero-order chi connectivity index (χ0) is 13.4. The Morgan fingerprint density at radius 2 is 2.00 bits per heavy atom. The van der Waals surface area contributed by atoms with Gasteiger partial charge in [0.05, 0.1) is 13.2 Å². The Kier molecular flexibility index (Phi) is 9.00. The van der Waals surface area contributed by atoms with Gasteiger partial charge in [-0.2, -0.15) is 0 Å². The highest BCUT2D eigenvalue weighted by Crippen LogP contribution is 2.11. The molecule has 108 valence electrons. The lowest BCUT2D eigenvalue weighted by Gasteiger charge is -2.11. The Morgan fingerprint density at radius 1 is 1.37 bits per heavy atom. The van der Waals surface area contributed by atoms with Gasteiger partial charge in [0, 0.05) is 6.54 Å². The van der Waals surface area contributed by atoms with Gasteiger partial charge in [-0.3, -0.25) is 4.79 Å². The molecule has 0 bridgehead atoms. The average Bonchev–Trinajstić information content (AvgIpc) is 2.42. The lowest BCUT2D eigenvalue weighted by Crippen LogP contribution is -2.40. The van der Waals surface area contributed by atoms with E-state index in [2.05, 4.69) is 12.2 Å². The van der Waals surface area contributed by atoms with Crippen LogP contribution in [0.15, 0.2) is 24.3 Å². The largest absolute Gasteiger partial charge is 0.497 e. The summed E-state index contributed by atoms with van der Waals surface area (Å²) in [5, 5.41) is 2.84. The van der Waals surface area contributed by atoms with Crippen molar-refractivity contribution in [2.24, 2.45) is 5.73 Å². The molecule has 0 radical (unpaired) electrons. The zero-order valence-electron chi connectivity index (χ0n) is 11.5. The quantitative estimate of drug-likeness (QED) is 0.808. The molecular weight excluding hydrogens is 264 g/mol. The number of amides is 1. The van der Waals surface area contributed by atoms with Gasteiger partial charge < -0.3 is 15.8 Å². The van der Waals surface area contributed by atoms with E-state index >= 15 is 0 Å². The summed E-state index contributed by atoms with van der Waals surface area (Å²) in [5.74, 6) is 0.726. The number of unbranched alkanes of at least 4 members (excludes halogenated alkanes) is 1. The van der Waals surface area contributed by atoms with Crippen LogP contribution >= 0.6 is 12.4 Å². The smallest absolute Gasteiger partial charge is 0.237 e. The molecule has 0 fully saturated rings. The summed E-state index contributed by atoms with van der Waals surface area (Å²) in [7, 11) is 1.63. The van der Waals surface area contributed by atoms with Crippen molar-refractivity contribution in [3.63, 3.8) is 0 Å². The van der Waals surface area contributed by atoms with E-state index in [9.17, 15) is 4.79 Å². The summed E-state index contributed by atoms with van der Waals surface area (Å²) in [6, 6.07) is 7.20. The van der Waals surface area contributed by atoms with E-state index in [4.69, 9.17) is 10.5 Å². The average molecular weight is 287 g/mol. The second-order valence-electron chi connectivity index (χ2n) is 4.31. The van der Waals surface area contributed by atoms with Gasteiger partial charge in [-0.25, -0.2) is 0 Å². The third-order valence-corrected chi connectivity index (χ3v) is 2.83. The summed E-state index contributed by atoms with van der Waals surface area (Å²) in [4.78, 5) is 11.7. The van der Waals surface area contributed by atoms with E-state index < -0.39 is 6.04 Å². The highest BCUT2D eigenvalue weighted by atomic mass is 35.5. The predicted octanol–water partition coefficient (Wildman–Crippen LogP) is 2.25. The molecule has 1 aromatic carbocycles. The van der Waals surface area contributed by atoms with Crippen LogP contribution in [0.25, 0.3) is 0 Å². The Labute approximate surface area is 121 Å². The molecule has 0 aliphatic heterocycles. The van der Waals surface area contributed by atoms with Gasteiger partial charge in [0.25, 0.3) is 0 Å². The molecule has 1 rings (SSSR count). The topological polar surface area (TPSA) is 64.4 Å². The van der Waals surface area contributed by atoms with Crippen LogP contribution in [0.2, 0.25) is 0 Å². The number of benzene rings is 1. The Bertz CT molecular complexity index is 368. The number of rotatable bonds is 7. The molecule has 3 N–H and O–H groups in total. The van der Waals surface area contributed by atoms with Crippen LogP contribution in [0, 0.1) is 0 Å². The van der Waals surface area contributed by atoms with Gasteiger partial charge in [-0.1, -0.05) is 31.9 Å². The van der Waals surface area contributed by atoms with Crippen LogP contribution in [0.5, 0.6) is 5.75 Å². The summed E-state index contributed by atoms with van der Waals surface area (Å²) < 4.78 is 5.07. The van der Waals surface area contributed by atoms with Gasteiger partial charge in [0.15, 0.2) is 0 Å². The molecule has 0 aliphatic rings. The predicted molar refractivity (Wildman–Crippen MR) is 79.6 cm³/mol. The van der Waals surface area contributed by atoms with E-state index in [-0.39, 0.29) is 18.3 Å². The minimum Gasteiger partial charge on any atom is -0.497 e. The maximum atomic E-state index is 11.7. The van der Waals surface area contributed by atoms with E-state index in [0.29, 0.717) is 6.54 Å². The lowest BCUT2D eigenvalue weighted by atomic mass is 10.1. The van der Waals surface area contributed by atoms with Crippen LogP contribution in [0.4, 0.5) is 0 Å². The SMILES string of the molecule is CCCC[C@@H](N)C(=O)NCc1ccc(OC)cc1.Cl. The fraction of sp³-hybridized carbons (Fsp3) is 0.500. The molecule has 19 heavy (non-hydrogen) atoms. The Hall–Kier alpha value is -1.26. The van der Waals surface area contributed by atoms with Gasteiger partial charge in [-0.15, -0.1) is 12.4 Å². The molecule has 4 nitrogen and oxygen atoms in total. The molecule has 1 aromatic rings. The van der Waals surface area contributed by atoms with Gasteiger partial charge in [0.1, 0.15) is 5.75 Å².